The van der Waals surface area contributed by atoms with E-state index in [9.17, 15) is 9.90 Å². The fourth-order valence-corrected chi connectivity index (χ4v) is 1.79. The van der Waals surface area contributed by atoms with Crippen LogP contribution >= 0.6 is 15.9 Å². The molecule has 1 aromatic rings. The normalized spacial score (nSPS) is 20.6. The number of aliphatic hydroxyl groups excluding tert-OH is 1. The Labute approximate surface area is 94.5 Å². The molecule has 0 spiro atoms. The molecule has 0 aromatic heterocycles. The van der Waals surface area contributed by atoms with Crippen LogP contribution in [0.1, 0.15) is 11.7 Å². The molecule has 0 bridgehead atoms. The Balaban J connectivity index is 2.33. The molecule has 0 unspecified atom stereocenters. The average Bonchev–Trinajstić information content (AvgIpc) is 2.46. The molecule has 4 nitrogen and oxygen atoms in total. The second kappa shape index (κ2) is 3.58. The molecule has 1 atom stereocenters. The van der Waals surface area contributed by atoms with Gasteiger partial charge in [-0.25, -0.2) is 0 Å². The first-order valence-electron chi connectivity index (χ1n) is 4.24. The molecule has 78 valence electrons. The van der Waals surface area contributed by atoms with E-state index >= 15 is 0 Å². The smallest absolute Gasteiger partial charge is 0.247 e. The van der Waals surface area contributed by atoms with Gasteiger partial charge in [0, 0.05) is 10.0 Å². The molecule has 0 saturated carbocycles. The van der Waals surface area contributed by atoms with Gasteiger partial charge in [0.25, 0.3) is 0 Å². The van der Waals surface area contributed by atoms with Crippen molar-refractivity contribution in [3.8, 4) is 0 Å². The summed E-state index contributed by atoms with van der Waals surface area (Å²) in [6, 6.07) is 7.09. The zero-order valence-electron chi connectivity index (χ0n) is 7.61. The van der Waals surface area contributed by atoms with Gasteiger partial charge in [-0.15, -0.1) is 0 Å². The van der Waals surface area contributed by atoms with Crippen molar-refractivity contribution in [3.05, 3.63) is 45.9 Å². The van der Waals surface area contributed by atoms with Crippen LogP contribution in [0, 0.1) is 0 Å². The maximum absolute atomic E-state index is 11.5. The highest BCUT2D eigenvalue weighted by atomic mass is 79.9. The van der Waals surface area contributed by atoms with E-state index in [1.54, 1.807) is 18.2 Å². The van der Waals surface area contributed by atoms with Gasteiger partial charge in [-0.2, -0.15) is 0 Å². The minimum absolute atomic E-state index is 0.218. The van der Waals surface area contributed by atoms with E-state index in [-0.39, 0.29) is 5.88 Å². The molecule has 0 amide bonds. The van der Waals surface area contributed by atoms with Crippen molar-refractivity contribution in [3.63, 3.8) is 0 Å². The monoisotopic (exact) mass is 269 g/mol. The summed E-state index contributed by atoms with van der Waals surface area (Å²) in [5.41, 5.74) is 5.96. The highest BCUT2D eigenvalue weighted by molar-refractivity contribution is 9.10. The fourth-order valence-electron chi connectivity index (χ4n) is 1.37. The molecule has 0 radical (unpaired) electrons. The van der Waals surface area contributed by atoms with Crippen molar-refractivity contribution in [2.45, 2.75) is 6.10 Å². The largest absolute Gasteiger partial charge is 0.501 e. The predicted octanol–water partition coefficient (Wildman–Crippen LogP) is 1.78. The van der Waals surface area contributed by atoms with Crippen molar-refractivity contribution in [2.75, 3.05) is 0 Å². The lowest BCUT2D eigenvalue weighted by atomic mass is 10.1. The number of aliphatic hydroxyl groups is 1. The molecule has 3 N–H and O–H groups in total. The lowest BCUT2D eigenvalue weighted by molar-refractivity contribution is -0.123. The zero-order valence-corrected chi connectivity index (χ0v) is 9.19. The lowest BCUT2D eigenvalue weighted by Gasteiger charge is -2.09. The first-order valence-corrected chi connectivity index (χ1v) is 5.04. The molecule has 5 heteroatoms. The summed E-state index contributed by atoms with van der Waals surface area (Å²) in [4.78, 5) is 11.5. The highest BCUT2D eigenvalue weighted by Gasteiger charge is 2.35. The zero-order chi connectivity index (χ0) is 11.0. The van der Waals surface area contributed by atoms with Crippen LogP contribution in [-0.4, -0.2) is 10.9 Å². The Morgan fingerprint density at radius 2 is 2.20 bits per heavy atom. The van der Waals surface area contributed by atoms with Crippen LogP contribution in [0.2, 0.25) is 0 Å². The van der Waals surface area contributed by atoms with Crippen molar-refractivity contribution in [2.24, 2.45) is 5.73 Å². The van der Waals surface area contributed by atoms with Crippen LogP contribution in [0.15, 0.2) is 40.4 Å². The van der Waals surface area contributed by atoms with Gasteiger partial charge in [-0.1, -0.05) is 28.1 Å². The third-order valence-electron chi connectivity index (χ3n) is 2.10. The molecule has 0 aliphatic carbocycles. The van der Waals surface area contributed by atoms with Crippen LogP contribution in [0.25, 0.3) is 0 Å². The standard InChI is InChI=1S/C10H8BrNO3/c11-6-3-1-2-5(4-6)9-7(13)8(14)10(12)15-9/h1-4,9,14H,12H2/t9-/m1/s1. The third-order valence-corrected chi connectivity index (χ3v) is 2.59. The SMILES string of the molecule is NC1=C(O)C(=O)[C@@H](c2cccc(Br)c2)O1. The highest BCUT2D eigenvalue weighted by Crippen LogP contribution is 2.30. The quantitative estimate of drug-likeness (QED) is 0.815. The van der Waals surface area contributed by atoms with Crippen molar-refractivity contribution < 1.29 is 14.6 Å². The number of ether oxygens (including phenoxy) is 1. The topological polar surface area (TPSA) is 72.5 Å². The van der Waals surface area contributed by atoms with Gasteiger partial charge < -0.3 is 15.6 Å². The van der Waals surface area contributed by atoms with Crippen LogP contribution in [0.5, 0.6) is 0 Å². The molecule has 1 aliphatic heterocycles. The molecule has 0 fully saturated rings. The summed E-state index contributed by atoms with van der Waals surface area (Å²) < 4.78 is 5.90. The number of nitrogens with two attached hydrogens (primary N) is 1. The van der Waals surface area contributed by atoms with Crippen molar-refractivity contribution in [1.82, 2.24) is 0 Å². The minimum atomic E-state index is -0.831. The summed E-state index contributed by atoms with van der Waals surface area (Å²) in [6.45, 7) is 0. The Hall–Kier alpha value is -1.49. The van der Waals surface area contributed by atoms with Gasteiger partial charge in [-0.05, 0) is 12.1 Å². The number of ketones is 1. The summed E-state index contributed by atoms with van der Waals surface area (Å²) in [6.07, 6.45) is -0.831. The fraction of sp³-hybridized carbons (Fsp3) is 0.100. The van der Waals surface area contributed by atoms with Gasteiger partial charge in [-0.3, -0.25) is 4.79 Å². The summed E-state index contributed by atoms with van der Waals surface area (Å²) in [5.74, 6) is -1.23. The molecular weight excluding hydrogens is 262 g/mol. The van der Waals surface area contributed by atoms with Gasteiger partial charge in [0.1, 0.15) is 0 Å². The number of Topliss-reactive ketones (excluding diaryl/α,β-unsaturated/α-hetero) is 1. The molecule has 1 aliphatic rings. The maximum Gasteiger partial charge on any atom is 0.247 e. The van der Waals surface area contributed by atoms with E-state index in [4.69, 9.17) is 10.5 Å². The number of hydrogen-bond acceptors (Lipinski definition) is 4. The number of carbonyl (C=O) groups is 1. The number of hydrogen-bond donors (Lipinski definition) is 2. The van der Waals surface area contributed by atoms with E-state index in [1.165, 1.54) is 0 Å². The van der Waals surface area contributed by atoms with E-state index in [0.717, 1.165) is 4.47 Å². The Bertz CT molecular complexity index is 456. The number of rotatable bonds is 1. The third kappa shape index (κ3) is 1.70. The van der Waals surface area contributed by atoms with Crippen molar-refractivity contribution in [1.29, 1.82) is 0 Å². The lowest BCUT2D eigenvalue weighted by Crippen LogP contribution is -2.09. The average molecular weight is 270 g/mol. The summed E-state index contributed by atoms with van der Waals surface area (Å²) >= 11 is 3.29. The van der Waals surface area contributed by atoms with Crippen molar-refractivity contribution >= 4 is 21.7 Å². The minimum Gasteiger partial charge on any atom is -0.501 e. The van der Waals surface area contributed by atoms with Gasteiger partial charge in [0.05, 0.1) is 0 Å². The number of halogens is 1. The maximum atomic E-state index is 11.5. The Kier molecular flexibility index (Phi) is 2.40. The molecule has 0 saturated heterocycles. The molecule has 15 heavy (non-hydrogen) atoms. The Morgan fingerprint density at radius 1 is 1.47 bits per heavy atom. The van der Waals surface area contributed by atoms with Crippen LogP contribution in [-0.2, 0) is 9.53 Å². The number of carbonyl (C=O) groups excluding carboxylic acids is 1. The van der Waals surface area contributed by atoms with E-state index < -0.39 is 17.6 Å². The predicted molar refractivity (Wildman–Crippen MR) is 56.8 cm³/mol. The second-order valence-electron chi connectivity index (χ2n) is 3.13. The molecule has 2 rings (SSSR count). The van der Waals surface area contributed by atoms with E-state index in [0.29, 0.717) is 5.56 Å². The molecule has 1 heterocycles. The van der Waals surface area contributed by atoms with Gasteiger partial charge in [0.15, 0.2) is 6.10 Å². The van der Waals surface area contributed by atoms with E-state index in [1.807, 2.05) is 6.07 Å². The van der Waals surface area contributed by atoms with Gasteiger partial charge in [0.2, 0.25) is 17.4 Å². The second-order valence-corrected chi connectivity index (χ2v) is 4.05. The van der Waals surface area contributed by atoms with Crippen LogP contribution < -0.4 is 5.73 Å². The molecule has 1 aromatic carbocycles. The number of benzene rings is 1. The van der Waals surface area contributed by atoms with Crippen LogP contribution in [0.3, 0.4) is 0 Å². The van der Waals surface area contributed by atoms with Crippen LogP contribution in [0.4, 0.5) is 0 Å². The Morgan fingerprint density at radius 3 is 2.73 bits per heavy atom. The van der Waals surface area contributed by atoms with E-state index in [2.05, 4.69) is 15.9 Å². The first-order chi connectivity index (χ1) is 7.09. The first kappa shape index (κ1) is 10.0. The summed E-state index contributed by atoms with van der Waals surface area (Å²) in [7, 11) is 0. The molecular formula is C10H8BrNO3. The van der Waals surface area contributed by atoms with Gasteiger partial charge >= 0.3 is 0 Å². The summed E-state index contributed by atoms with van der Waals surface area (Å²) in [5, 5.41) is 9.24.